The normalized spacial score (nSPS) is 13.4. The standard InChI is InChI=1S/C13H21N3O3S/c1-7(2)12(13(15)17)16-20(18,19)11-6-10(14)5-8(3)9(11)4/h5-7,12,16H,14H2,1-4H3,(H2,15,17). The summed E-state index contributed by atoms with van der Waals surface area (Å²) in [4.78, 5) is 11.4. The molecular formula is C13H21N3O3S. The number of anilines is 1. The summed E-state index contributed by atoms with van der Waals surface area (Å²) in [6, 6.07) is 2.12. The molecule has 0 saturated heterocycles. The minimum absolute atomic E-state index is 0.0712. The van der Waals surface area contributed by atoms with E-state index in [-0.39, 0.29) is 10.8 Å². The van der Waals surface area contributed by atoms with Gasteiger partial charge >= 0.3 is 0 Å². The Morgan fingerprint density at radius 1 is 1.25 bits per heavy atom. The summed E-state index contributed by atoms with van der Waals surface area (Å²) in [6.07, 6.45) is 0. The number of nitrogens with two attached hydrogens (primary N) is 2. The molecule has 1 aromatic rings. The quantitative estimate of drug-likeness (QED) is 0.693. The maximum atomic E-state index is 12.4. The Bertz CT molecular complexity index is 624. The van der Waals surface area contributed by atoms with Crippen molar-refractivity contribution in [2.45, 2.75) is 38.6 Å². The SMILES string of the molecule is Cc1cc(N)cc(S(=O)(=O)NC(C(N)=O)C(C)C)c1C. The number of aryl methyl sites for hydroxylation is 1. The topological polar surface area (TPSA) is 115 Å². The summed E-state index contributed by atoms with van der Waals surface area (Å²) in [5.74, 6) is -0.952. The van der Waals surface area contributed by atoms with Crippen molar-refractivity contribution in [2.75, 3.05) is 5.73 Å². The van der Waals surface area contributed by atoms with E-state index in [1.165, 1.54) is 6.07 Å². The second-order valence-corrected chi connectivity index (χ2v) is 6.89. The van der Waals surface area contributed by atoms with Crippen LogP contribution in [-0.2, 0) is 14.8 Å². The second kappa shape index (κ2) is 5.80. The van der Waals surface area contributed by atoms with Crippen LogP contribution in [0.5, 0.6) is 0 Å². The highest BCUT2D eigenvalue weighted by Crippen LogP contribution is 2.23. The highest BCUT2D eigenvalue weighted by molar-refractivity contribution is 7.89. The van der Waals surface area contributed by atoms with Crippen LogP contribution in [0.1, 0.15) is 25.0 Å². The van der Waals surface area contributed by atoms with Gasteiger partial charge in [0.15, 0.2) is 0 Å². The third-order valence-electron chi connectivity index (χ3n) is 3.19. The zero-order valence-corrected chi connectivity index (χ0v) is 12.9. The predicted molar refractivity (Wildman–Crippen MR) is 78.5 cm³/mol. The van der Waals surface area contributed by atoms with Crippen LogP contribution in [0.3, 0.4) is 0 Å². The van der Waals surface area contributed by atoms with Crippen LogP contribution in [0.15, 0.2) is 17.0 Å². The van der Waals surface area contributed by atoms with Gasteiger partial charge in [0.2, 0.25) is 15.9 Å². The molecular weight excluding hydrogens is 278 g/mol. The van der Waals surface area contributed by atoms with Crippen LogP contribution in [-0.4, -0.2) is 20.4 Å². The van der Waals surface area contributed by atoms with Crippen molar-refractivity contribution in [3.05, 3.63) is 23.3 Å². The first-order valence-electron chi connectivity index (χ1n) is 6.24. The summed E-state index contributed by atoms with van der Waals surface area (Å²) in [7, 11) is -3.86. The Morgan fingerprint density at radius 3 is 2.25 bits per heavy atom. The van der Waals surface area contributed by atoms with Crippen molar-refractivity contribution in [1.29, 1.82) is 0 Å². The average molecular weight is 299 g/mol. The number of carbonyl (C=O) groups excluding carboxylic acids is 1. The Labute approximate surface area is 119 Å². The molecule has 1 rings (SSSR count). The monoisotopic (exact) mass is 299 g/mol. The molecule has 0 heterocycles. The molecule has 20 heavy (non-hydrogen) atoms. The molecule has 1 amide bonds. The van der Waals surface area contributed by atoms with E-state index in [0.29, 0.717) is 11.3 Å². The molecule has 0 aliphatic heterocycles. The molecule has 0 bridgehead atoms. The number of nitrogen functional groups attached to an aromatic ring is 1. The molecule has 1 atom stereocenters. The molecule has 0 saturated carbocycles. The summed E-state index contributed by atoms with van der Waals surface area (Å²) in [5.41, 5.74) is 12.6. The van der Waals surface area contributed by atoms with Crippen LogP contribution in [0, 0.1) is 19.8 Å². The molecule has 0 spiro atoms. The highest BCUT2D eigenvalue weighted by Gasteiger charge is 2.28. The fourth-order valence-electron chi connectivity index (χ4n) is 1.89. The second-order valence-electron chi connectivity index (χ2n) is 5.21. The number of amides is 1. The van der Waals surface area contributed by atoms with Crippen LogP contribution in [0.2, 0.25) is 0 Å². The molecule has 0 aliphatic rings. The zero-order chi connectivity index (χ0) is 15.7. The molecule has 1 aromatic carbocycles. The number of benzene rings is 1. The maximum absolute atomic E-state index is 12.4. The van der Waals surface area contributed by atoms with Crippen LogP contribution in [0.25, 0.3) is 0 Å². The lowest BCUT2D eigenvalue weighted by Crippen LogP contribution is -2.47. The van der Waals surface area contributed by atoms with Crippen molar-refractivity contribution in [3.63, 3.8) is 0 Å². The zero-order valence-electron chi connectivity index (χ0n) is 12.1. The summed E-state index contributed by atoms with van der Waals surface area (Å²) in [5, 5.41) is 0. The van der Waals surface area contributed by atoms with Gasteiger partial charge in [0.05, 0.1) is 4.90 Å². The first kappa shape index (κ1) is 16.5. The molecule has 0 radical (unpaired) electrons. The average Bonchev–Trinajstić information content (AvgIpc) is 2.30. The van der Waals surface area contributed by atoms with Gasteiger partial charge < -0.3 is 11.5 Å². The van der Waals surface area contributed by atoms with Crippen molar-refractivity contribution >= 4 is 21.6 Å². The number of primary amides is 1. The van der Waals surface area contributed by atoms with Crippen molar-refractivity contribution in [3.8, 4) is 0 Å². The number of sulfonamides is 1. The Balaban J connectivity index is 3.27. The van der Waals surface area contributed by atoms with E-state index < -0.39 is 22.0 Å². The number of carbonyl (C=O) groups is 1. The van der Waals surface area contributed by atoms with Gasteiger partial charge in [-0.1, -0.05) is 13.8 Å². The fourth-order valence-corrected chi connectivity index (χ4v) is 3.59. The maximum Gasteiger partial charge on any atom is 0.241 e. The van der Waals surface area contributed by atoms with Crippen molar-refractivity contribution < 1.29 is 13.2 Å². The van der Waals surface area contributed by atoms with Gasteiger partial charge in [-0.05, 0) is 43.0 Å². The van der Waals surface area contributed by atoms with E-state index in [0.717, 1.165) is 5.56 Å². The molecule has 112 valence electrons. The first-order chi connectivity index (χ1) is 9.06. The predicted octanol–water partition coefficient (Wildman–Crippen LogP) is 0.674. The summed E-state index contributed by atoms with van der Waals surface area (Å²) < 4.78 is 27.2. The van der Waals surface area contributed by atoms with Crippen LogP contribution < -0.4 is 16.2 Å². The third kappa shape index (κ3) is 3.49. The van der Waals surface area contributed by atoms with Gasteiger partial charge in [0, 0.05) is 5.69 Å². The van der Waals surface area contributed by atoms with Gasteiger partial charge in [0.25, 0.3) is 0 Å². The Kier molecular flexibility index (Phi) is 4.77. The molecule has 7 heteroatoms. The number of rotatable bonds is 5. The minimum Gasteiger partial charge on any atom is -0.399 e. The smallest absolute Gasteiger partial charge is 0.241 e. The minimum atomic E-state index is -3.86. The van der Waals surface area contributed by atoms with E-state index in [4.69, 9.17) is 11.5 Å². The van der Waals surface area contributed by atoms with Crippen LogP contribution in [0.4, 0.5) is 5.69 Å². The summed E-state index contributed by atoms with van der Waals surface area (Å²) >= 11 is 0. The largest absolute Gasteiger partial charge is 0.399 e. The lowest BCUT2D eigenvalue weighted by atomic mass is 10.1. The third-order valence-corrected chi connectivity index (χ3v) is 4.75. The molecule has 5 N–H and O–H groups in total. The van der Waals surface area contributed by atoms with E-state index >= 15 is 0 Å². The number of hydrogen-bond acceptors (Lipinski definition) is 4. The van der Waals surface area contributed by atoms with Gasteiger partial charge in [-0.15, -0.1) is 0 Å². The molecule has 1 unspecified atom stereocenters. The molecule has 0 aliphatic carbocycles. The number of hydrogen-bond donors (Lipinski definition) is 3. The molecule has 0 aromatic heterocycles. The highest BCUT2D eigenvalue weighted by atomic mass is 32.2. The van der Waals surface area contributed by atoms with E-state index in [2.05, 4.69) is 4.72 Å². The Hall–Kier alpha value is -1.60. The van der Waals surface area contributed by atoms with Gasteiger partial charge in [-0.2, -0.15) is 4.72 Å². The molecule has 6 nitrogen and oxygen atoms in total. The lowest BCUT2D eigenvalue weighted by Gasteiger charge is -2.20. The van der Waals surface area contributed by atoms with Crippen LogP contribution >= 0.6 is 0 Å². The van der Waals surface area contributed by atoms with Crippen molar-refractivity contribution in [2.24, 2.45) is 11.7 Å². The van der Waals surface area contributed by atoms with E-state index in [1.54, 1.807) is 33.8 Å². The van der Waals surface area contributed by atoms with Gasteiger partial charge in [-0.25, -0.2) is 8.42 Å². The first-order valence-corrected chi connectivity index (χ1v) is 7.73. The molecule has 0 fully saturated rings. The van der Waals surface area contributed by atoms with E-state index in [9.17, 15) is 13.2 Å². The lowest BCUT2D eigenvalue weighted by molar-refractivity contribution is -0.120. The number of nitrogens with one attached hydrogen (secondary N) is 1. The summed E-state index contributed by atoms with van der Waals surface area (Å²) in [6.45, 7) is 6.90. The van der Waals surface area contributed by atoms with Gasteiger partial charge in [-0.3, -0.25) is 4.79 Å². The van der Waals surface area contributed by atoms with Gasteiger partial charge in [0.1, 0.15) is 6.04 Å². The Morgan fingerprint density at radius 2 is 1.80 bits per heavy atom. The van der Waals surface area contributed by atoms with Crippen molar-refractivity contribution in [1.82, 2.24) is 4.72 Å². The fraction of sp³-hybridized carbons (Fsp3) is 0.462. The van der Waals surface area contributed by atoms with E-state index in [1.807, 2.05) is 0 Å².